The van der Waals surface area contributed by atoms with E-state index in [4.69, 9.17) is 16.1 Å². The van der Waals surface area contributed by atoms with Gasteiger partial charge in [0.1, 0.15) is 5.82 Å². The van der Waals surface area contributed by atoms with Gasteiger partial charge in [-0.3, -0.25) is 10.2 Å². The summed E-state index contributed by atoms with van der Waals surface area (Å²) in [6.07, 6.45) is 4.69. The summed E-state index contributed by atoms with van der Waals surface area (Å²) < 4.78 is 0. The number of guanidine groups is 1. The summed E-state index contributed by atoms with van der Waals surface area (Å²) >= 11 is 0. The highest BCUT2D eigenvalue weighted by Crippen LogP contribution is 2.27. The average molecular weight is 547 g/mol. The molecule has 1 aliphatic rings. The van der Waals surface area contributed by atoms with Crippen molar-refractivity contribution < 1.29 is 4.79 Å². The second-order valence-corrected chi connectivity index (χ2v) is 10.1. The van der Waals surface area contributed by atoms with E-state index in [2.05, 4.69) is 33.1 Å². The number of hydrogen-bond acceptors (Lipinski definition) is 5. The quantitative estimate of drug-likeness (QED) is 0.215. The molecule has 1 amide bonds. The third-order valence-electron chi connectivity index (χ3n) is 6.42. The number of anilines is 1. The SMILES string of the molecule is Cc1ccc2nc(C(=O)NC(C)(C)Cc3ccccc3)nc(N[C@H]3CCCC[C@H]3NC(=N)N)c2c1.Cl.Cl. The van der Waals surface area contributed by atoms with Gasteiger partial charge in [-0.15, -0.1) is 24.8 Å². The van der Waals surface area contributed by atoms with E-state index in [0.717, 1.165) is 42.2 Å². The van der Waals surface area contributed by atoms with Crippen LogP contribution >= 0.6 is 24.8 Å². The highest BCUT2D eigenvalue weighted by Gasteiger charge is 2.28. The van der Waals surface area contributed by atoms with Crippen LogP contribution in [0.3, 0.4) is 0 Å². The molecule has 1 fully saturated rings. The Balaban J connectivity index is 0.00000241. The van der Waals surface area contributed by atoms with E-state index in [1.807, 2.05) is 57.2 Å². The molecule has 1 heterocycles. The molecule has 37 heavy (non-hydrogen) atoms. The van der Waals surface area contributed by atoms with Crippen LogP contribution in [0, 0.1) is 12.3 Å². The van der Waals surface area contributed by atoms with Gasteiger partial charge in [0.15, 0.2) is 5.96 Å². The Labute approximate surface area is 230 Å². The molecule has 0 unspecified atom stereocenters. The maximum Gasteiger partial charge on any atom is 0.289 e. The summed E-state index contributed by atoms with van der Waals surface area (Å²) in [5, 5.41) is 18.3. The van der Waals surface area contributed by atoms with Crippen molar-refractivity contribution in [2.24, 2.45) is 5.73 Å². The Bertz CT molecular complexity index is 1220. The highest BCUT2D eigenvalue weighted by atomic mass is 35.5. The van der Waals surface area contributed by atoms with Gasteiger partial charge in [-0.25, -0.2) is 9.97 Å². The molecule has 2 atom stereocenters. The summed E-state index contributed by atoms with van der Waals surface area (Å²) in [5.74, 6) is 0.426. The smallest absolute Gasteiger partial charge is 0.289 e. The lowest BCUT2D eigenvalue weighted by Crippen LogP contribution is -2.50. The molecule has 1 saturated carbocycles. The number of amides is 1. The normalized spacial score (nSPS) is 17.2. The zero-order valence-corrected chi connectivity index (χ0v) is 23.1. The van der Waals surface area contributed by atoms with E-state index >= 15 is 0 Å². The number of rotatable bonds is 7. The molecule has 2 aromatic carbocycles. The average Bonchev–Trinajstić information content (AvgIpc) is 2.80. The topological polar surface area (TPSA) is 129 Å². The summed E-state index contributed by atoms with van der Waals surface area (Å²) in [5.41, 5.74) is 8.11. The molecule has 0 bridgehead atoms. The van der Waals surface area contributed by atoms with Crippen LogP contribution in [0.1, 0.15) is 61.3 Å². The number of nitrogens with zero attached hydrogens (tertiary/aromatic N) is 2. The molecule has 3 aromatic rings. The van der Waals surface area contributed by atoms with E-state index in [-0.39, 0.29) is 54.6 Å². The Morgan fingerprint density at radius 2 is 1.73 bits per heavy atom. The molecular weight excluding hydrogens is 509 g/mol. The van der Waals surface area contributed by atoms with Crippen molar-refractivity contribution in [3.8, 4) is 0 Å². The van der Waals surface area contributed by atoms with Crippen LogP contribution < -0.4 is 21.7 Å². The summed E-state index contributed by atoms with van der Waals surface area (Å²) in [6.45, 7) is 6.03. The van der Waals surface area contributed by atoms with Crippen molar-refractivity contribution in [1.29, 1.82) is 5.41 Å². The number of benzene rings is 2. The molecule has 0 aliphatic heterocycles. The van der Waals surface area contributed by atoms with Crippen molar-refractivity contribution in [2.75, 3.05) is 5.32 Å². The standard InChI is InChI=1S/C27H35N7O.2ClH/c1-17-13-14-20-19(15-17)23(31-21-11-7-8-12-22(21)32-26(28)29)33-24(30-20)25(35)34-27(2,3)16-18-9-5-4-6-10-18;;/h4-6,9-10,13-15,21-22H,7-8,11-12,16H2,1-3H3,(H,34,35)(H4,28,29,32)(H,30,31,33);2*1H/t21-,22+;;/m0../s1. The summed E-state index contributed by atoms with van der Waals surface area (Å²) in [7, 11) is 0. The van der Waals surface area contributed by atoms with Crippen LogP contribution in [-0.4, -0.2) is 39.5 Å². The van der Waals surface area contributed by atoms with E-state index < -0.39 is 5.54 Å². The van der Waals surface area contributed by atoms with Crippen molar-refractivity contribution in [3.05, 3.63) is 65.5 Å². The largest absolute Gasteiger partial charge is 0.370 e. The monoisotopic (exact) mass is 545 g/mol. The van der Waals surface area contributed by atoms with Gasteiger partial charge >= 0.3 is 0 Å². The first-order chi connectivity index (χ1) is 16.7. The van der Waals surface area contributed by atoms with Crippen LogP contribution in [0.4, 0.5) is 5.82 Å². The van der Waals surface area contributed by atoms with Crippen LogP contribution in [0.2, 0.25) is 0 Å². The van der Waals surface area contributed by atoms with Crippen molar-refractivity contribution in [3.63, 3.8) is 0 Å². The first kappa shape index (κ1) is 30.1. The lowest BCUT2D eigenvalue weighted by atomic mass is 9.90. The number of carbonyl (C=O) groups is 1. The molecular formula is C27H37Cl2N7O. The van der Waals surface area contributed by atoms with Crippen LogP contribution in [-0.2, 0) is 6.42 Å². The number of carbonyl (C=O) groups excluding carboxylic acids is 1. The van der Waals surface area contributed by atoms with E-state index in [0.29, 0.717) is 17.8 Å². The Morgan fingerprint density at radius 1 is 1.05 bits per heavy atom. The number of nitrogens with one attached hydrogen (secondary N) is 4. The van der Waals surface area contributed by atoms with Gasteiger partial charge in [0.2, 0.25) is 5.82 Å². The number of fused-ring (bicyclic) bond motifs is 1. The molecule has 10 heteroatoms. The molecule has 200 valence electrons. The van der Waals surface area contributed by atoms with Gasteiger partial charge < -0.3 is 21.7 Å². The lowest BCUT2D eigenvalue weighted by molar-refractivity contribution is 0.0902. The van der Waals surface area contributed by atoms with Gasteiger partial charge in [0, 0.05) is 23.0 Å². The van der Waals surface area contributed by atoms with Crippen LogP contribution in [0.25, 0.3) is 10.9 Å². The molecule has 0 radical (unpaired) electrons. The minimum absolute atomic E-state index is 0. The third kappa shape index (κ3) is 7.94. The van der Waals surface area contributed by atoms with E-state index in [9.17, 15) is 4.79 Å². The highest BCUT2D eigenvalue weighted by molar-refractivity contribution is 5.97. The molecule has 8 nitrogen and oxygen atoms in total. The second-order valence-electron chi connectivity index (χ2n) is 10.1. The number of aromatic nitrogens is 2. The van der Waals surface area contributed by atoms with E-state index in [1.54, 1.807) is 0 Å². The number of halogens is 2. The molecule has 4 rings (SSSR count). The minimum Gasteiger partial charge on any atom is -0.370 e. The maximum absolute atomic E-state index is 13.3. The summed E-state index contributed by atoms with van der Waals surface area (Å²) in [6, 6.07) is 16.1. The van der Waals surface area contributed by atoms with Gasteiger partial charge in [-0.2, -0.15) is 0 Å². The fraction of sp³-hybridized carbons (Fsp3) is 0.407. The fourth-order valence-corrected chi connectivity index (χ4v) is 4.82. The van der Waals surface area contributed by atoms with Gasteiger partial charge in [-0.1, -0.05) is 54.8 Å². The number of hydrogen-bond donors (Lipinski definition) is 5. The van der Waals surface area contributed by atoms with E-state index in [1.165, 1.54) is 0 Å². The predicted molar refractivity (Wildman–Crippen MR) is 155 cm³/mol. The second kappa shape index (κ2) is 12.9. The fourth-order valence-electron chi connectivity index (χ4n) is 4.82. The summed E-state index contributed by atoms with van der Waals surface area (Å²) in [4.78, 5) is 22.6. The van der Waals surface area contributed by atoms with Gasteiger partial charge in [-0.05, 0) is 57.7 Å². The minimum atomic E-state index is -0.475. The zero-order valence-electron chi connectivity index (χ0n) is 21.5. The van der Waals surface area contributed by atoms with Crippen molar-refractivity contribution >= 4 is 53.4 Å². The molecule has 1 aliphatic carbocycles. The molecule has 1 aromatic heterocycles. The third-order valence-corrected chi connectivity index (χ3v) is 6.42. The Morgan fingerprint density at radius 3 is 2.41 bits per heavy atom. The number of aryl methyl sites for hydroxylation is 1. The first-order valence-electron chi connectivity index (χ1n) is 12.2. The van der Waals surface area contributed by atoms with Crippen molar-refractivity contribution in [1.82, 2.24) is 20.6 Å². The number of nitrogens with two attached hydrogens (primary N) is 1. The van der Waals surface area contributed by atoms with Gasteiger partial charge in [0.05, 0.1) is 5.52 Å². The Kier molecular flexibility index (Phi) is 10.5. The first-order valence-corrected chi connectivity index (χ1v) is 12.2. The van der Waals surface area contributed by atoms with Gasteiger partial charge in [0.25, 0.3) is 5.91 Å². The Hall–Kier alpha value is -3.10. The van der Waals surface area contributed by atoms with Crippen LogP contribution in [0.5, 0.6) is 0 Å². The molecule has 0 spiro atoms. The van der Waals surface area contributed by atoms with Crippen molar-refractivity contribution in [2.45, 2.75) is 70.5 Å². The van der Waals surface area contributed by atoms with Crippen LogP contribution in [0.15, 0.2) is 48.5 Å². The lowest BCUT2D eigenvalue weighted by Gasteiger charge is -2.33. The zero-order chi connectivity index (χ0) is 25.0. The molecule has 0 saturated heterocycles. The maximum atomic E-state index is 13.3. The molecule has 6 N–H and O–H groups in total. The predicted octanol–water partition coefficient (Wildman–Crippen LogP) is 4.74.